The molecular weight excluding hydrogens is 262 g/mol. The largest absolute Gasteiger partial charge is 0.495 e. The molecule has 2 N–H and O–H groups in total. The maximum atomic E-state index is 12.7. The zero-order valence-electron chi connectivity index (χ0n) is 11.8. The molecule has 1 aromatic rings. The van der Waals surface area contributed by atoms with Gasteiger partial charge in [-0.2, -0.15) is 0 Å². The van der Waals surface area contributed by atoms with Crippen LogP contribution in [-0.2, 0) is 9.84 Å². The van der Waals surface area contributed by atoms with Crippen molar-refractivity contribution in [2.75, 3.05) is 7.11 Å². The third kappa shape index (κ3) is 3.48. The third-order valence-electron chi connectivity index (χ3n) is 3.28. The average molecular weight is 285 g/mol. The van der Waals surface area contributed by atoms with Crippen LogP contribution in [0, 0.1) is 0 Å². The molecule has 0 aliphatic heterocycles. The van der Waals surface area contributed by atoms with Gasteiger partial charge >= 0.3 is 0 Å². The standard InChI is InChI=1S/C14H23NO3S/c1-4-8-11(15)13(5-2)19(16,17)14-10-7-6-9-12(14)18-3/h6-7,9-11,13H,4-5,8,15H2,1-3H3. The molecule has 0 fully saturated rings. The van der Waals surface area contributed by atoms with E-state index >= 15 is 0 Å². The molecule has 0 saturated carbocycles. The summed E-state index contributed by atoms with van der Waals surface area (Å²) in [6.45, 7) is 3.86. The van der Waals surface area contributed by atoms with Gasteiger partial charge in [-0.05, 0) is 25.0 Å². The first-order chi connectivity index (χ1) is 8.98. The van der Waals surface area contributed by atoms with Crippen LogP contribution >= 0.6 is 0 Å². The number of para-hydroxylation sites is 1. The lowest BCUT2D eigenvalue weighted by molar-refractivity contribution is 0.401. The highest BCUT2D eigenvalue weighted by Crippen LogP contribution is 2.29. The van der Waals surface area contributed by atoms with Crippen LogP contribution in [0.2, 0.25) is 0 Å². The molecular formula is C14H23NO3S. The van der Waals surface area contributed by atoms with Gasteiger partial charge in [0.25, 0.3) is 0 Å². The fourth-order valence-electron chi connectivity index (χ4n) is 2.29. The highest BCUT2D eigenvalue weighted by atomic mass is 32.2. The Bertz CT molecular complexity index is 499. The van der Waals surface area contributed by atoms with Gasteiger partial charge < -0.3 is 10.5 Å². The van der Waals surface area contributed by atoms with E-state index < -0.39 is 15.1 Å². The molecule has 0 aliphatic carbocycles. The molecule has 2 unspecified atom stereocenters. The van der Waals surface area contributed by atoms with Crippen molar-refractivity contribution in [2.24, 2.45) is 5.73 Å². The minimum atomic E-state index is -3.47. The number of ether oxygens (including phenoxy) is 1. The second kappa shape index (κ2) is 6.91. The normalized spacial score (nSPS) is 14.9. The van der Waals surface area contributed by atoms with Gasteiger partial charge in [-0.15, -0.1) is 0 Å². The Labute approximate surface area is 115 Å². The maximum absolute atomic E-state index is 12.7. The van der Waals surface area contributed by atoms with E-state index in [-0.39, 0.29) is 10.9 Å². The summed E-state index contributed by atoms with van der Waals surface area (Å²) in [7, 11) is -1.99. The van der Waals surface area contributed by atoms with Gasteiger partial charge in [0, 0.05) is 6.04 Å². The quantitative estimate of drug-likeness (QED) is 0.835. The molecule has 4 nitrogen and oxygen atoms in total. The molecule has 0 saturated heterocycles. The second-order valence-electron chi connectivity index (χ2n) is 4.60. The molecule has 2 atom stereocenters. The van der Waals surface area contributed by atoms with Gasteiger partial charge in [0.05, 0.1) is 12.4 Å². The zero-order chi connectivity index (χ0) is 14.5. The number of methoxy groups -OCH3 is 1. The summed E-state index contributed by atoms with van der Waals surface area (Å²) in [5.41, 5.74) is 6.03. The summed E-state index contributed by atoms with van der Waals surface area (Å²) in [6.07, 6.45) is 2.08. The number of sulfone groups is 1. The molecule has 0 aromatic heterocycles. The van der Waals surface area contributed by atoms with Crippen molar-refractivity contribution < 1.29 is 13.2 Å². The predicted molar refractivity (Wildman–Crippen MR) is 77.1 cm³/mol. The van der Waals surface area contributed by atoms with Crippen molar-refractivity contribution >= 4 is 9.84 Å². The van der Waals surface area contributed by atoms with Gasteiger partial charge in [0.2, 0.25) is 0 Å². The Balaban J connectivity index is 3.20. The van der Waals surface area contributed by atoms with Crippen molar-refractivity contribution in [3.63, 3.8) is 0 Å². The fraction of sp³-hybridized carbons (Fsp3) is 0.571. The molecule has 5 heteroatoms. The zero-order valence-corrected chi connectivity index (χ0v) is 12.6. The van der Waals surface area contributed by atoms with Crippen LogP contribution in [0.3, 0.4) is 0 Å². The molecule has 0 aliphatic rings. The van der Waals surface area contributed by atoms with E-state index in [0.717, 1.165) is 6.42 Å². The van der Waals surface area contributed by atoms with Crippen molar-refractivity contribution in [3.8, 4) is 5.75 Å². The topological polar surface area (TPSA) is 69.4 Å². The van der Waals surface area contributed by atoms with Crippen LogP contribution in [0.5, 0.6) is 5.75 Å². The first-order valence-electron chi connectivity index (χ1n) is 6.61. The van der Waals surface area contributed by atoms with Gasteiger partial charge in [-0.25, -0.2) is 8.42 Å². The number of hydrogen-bond donors (Lipinski definition) is 1. The molecule has 108 valence electrons. The Morgan fingerprint density at radius 3 is 2.42 bits per heavy atom. The van der Waals surface area contributed by atoms with E-state index in [1.54, 1.807) is 24.3 Å². The van der Waals surface area contributed by atoms with Crippen LogP contribution in [0.1, 0.15) is 33.1 Å². The number of benzene rings is 1. The Hall–Kier alpha value is -1.07. The maximum Gasteiger partial charge on any atom is 0.186 e. The van der Waals surface area contributed by atoms with Crippen LogP contribution in [0.25, 0.3) is 0 Å². The molecule has 19 heavy (non-hydrogen) atoms. The summed E-state index contributed by atoms with van der Waals surface area (Å²) in [4.78, 5) is 0.232. The lowest BCUT2D eigenvalue weighted by Crippen LogP contribution is -2.40. The third-order valence-corrected chi connectivity index (χ3v) is 5.71. The second-order valence-corrected chi connectivity index (χ2v) is 6.73. The van der Waals surface area contributed by atoms with Crippen LogP contribution in [0.4, 0.5) is 0 Å². The van der Waals surface area contributed by atoms with E-state index in [1.807, 2.05) is 13.8 Å². The average Bonchev–Trinajstić information content (AvgIpc) is 2.39. The van der Waals surface area contributed by atoms with Gasteiger partial charge in [-0.1, -0.05) is 32.4 Å². The Morgan fingerprint density at radius 1 is 1.26 bits per heavy atom. The number of hydrogen-bond acceptors (Lipinski definition) is 4. The smallest absolute Gasteiger partial charge is 0.186 e. The molecule has 1 rings (SSSR count). The number of rotatable bonds is 7. The Kier molecular flexibility index (Phi) is 5.82. The molecule has 0 radical (unpaired) electrons. The number of nitrogens with two attached hydrogens (primary N) is 1. The summed E-state index contributed by atoms with van der Waals surface area (Å²) >= 11 is 0. The molecule has 0 spiro atoms. The van der Waals surface area contributed by atoms with E-state index in [1.165, 1.54) is 7.11 Å². The van der Waals surface area contributed by atoms with Crippen LogP contribution < -0.4 is 10.5 Å². The van der Waals surface area contributed by atoms with Gasteiger partial charge in [0.15, 0.2) is 9.84 Å². The SMILES string of the molecule is CCCC(N)C(CC)S(=O)(=O)c1ccccc1OC. The van der Waals surface area contributed by atoms with Crippen molar-refractivity contribution in [1.29, 1.82) is 0 Å². The van der Waals surface area contributed by atoms with Gasteiger partial charge in [0.1, 0.15) is 10.6 Å². The highest BCUT2D eigenvalue weighted by molar-refractivity contribution is 7.92. The van der Waals surface area contributed by atoms with Crippen molar-refractivity contribution in [2.45, 2.75) is 49.3 Å². The van der Waals surface area contributed by atoms with Crippen LogP contribution in [0.15, 0.2) is 29.2 Å². The summed E-state index contributed by atoms with van der Waals surface area (Å²) in [5.74, 6) is 0.379. The predicted octanol–water partition coefficient (Wildman–Crippen LogP) is 2.37. The lowest BCUT2D eigenvalue weighted by atomic mass is 10.1. The molecule has 0 heterocycles. The van der Waals surface area contributed by atoms with Gasteiger partial charge in [-0.3, -0.25) is 0 Å². The fourth-order valence-corrected chi connectivity index (χ4v) is 4.35. The summed E-state index contributed by atoms with van der Waals surface area (Å²) in [5, 5.41) is -0.566. The minimum absolute atomic E-state index is 0.232. The summed E-state index contributed by atoms with van der Waals surface area (Å²) in [6, 6.07) is 6.35. The Morgan fingerprint density at radius 2 is 1.89 bits per heavy atom. The first-order valence-corrected chi connectivity index (χ1v) is 8.16. The van der Waals surface area contributed by atoms with E-state index in [9.17, 15) is 8.42 Å². The monoisotopic (exact) mass is 285 g/mol. The van der Waals surface area contributed by atoms with E-state index in [0.29, 0.717) is 18.6 Å². The lowest BCUT2D eigenvalue weighted by Gasteiger charge is -2.23. The molecule has 1 aromatic carbocycles. The minimum Gasteiger partial charge on any atom is -0.495 e. The van der Waals surface area contributed by atoms with E-state index in [4.69, 9.17) is 10.5 Å². The van der Waals surface area contributed by atoms with Crippen molar-refractivity contribution in [3.05, 3.63) is 24.3 Å². The van der Waals surface area contributed by atoms with Crippen molar-refractivity contribution in [1.82, 2.24) is 0 Å². The van der Waals surface area contributed by atoms with E-state index in [2.05, 4.69) is 0 Å². The summed E-state index contributed by atoms with van der Waals surface area (Å²) < 4.78 is 30.5. The molecule has 0 amide bonds. The first kappa shape index (κ1) is 16.0. The van der Waals surface area contributed by atoms with Crippen LogP contribution in [-0.4, -0.2) is 26.8 Å². The molecule has 0 bridgehead atoms. The highest BCUT2D eigenvalue weighted by Gasteiger charge is 2.32.